The molecule has 98 valence electrons. The predicted molar refractivity (Wildman–Crippen MR) is 72.8 cm³/mol. The van der Waals surface area contributed by atoms with Gasteiger partial charge in [0.2, 0.25) is 0 Å². The zero-order valence-electron chi connectivity index (χ0n) is 10.1. The summed E-state index contributed by atoms with van der Waals surface area (Å²) in [6, 6.07) is 6.90. The maximum absolute atomic E-state index is 11.9. The van der Waals surface area contributed by atoms with Gasteiger partial charge in [0.15, 0.2) is 5.11 Å². The first-order chi connectivity index (χ1) is 8.69. The Kier molecular flexibility index (Phi) is 6.10. The lowest BCUT2D eigenvalue weighted by molar-refractivity contribution is 0.0973. The number of hydrogen-bond acceptors (Lipinski definition) is 4. The van der Waals surface area contributed by atoms with Gasteiger partial charge in [-0.3, -0.25) is 10.1 Å². The summed E-state index contributed by atoms with van der Waals surface area (Å²) in [4.78, 5) is 11.9. The first-order valence-corrected chi connectivity index (χ1v) is 5.93. The van der Waals surface area contributed by atoms with Crippen LogP contribution < -0.4 is 15.4 Å². The SMILES string of the molecule is COc1ccccc1C(=O)NC(=S)NCCCO. The summed E-state index contributed by atoms with van der Waals surface area (Å²) in [6.45, 7) is 0.595. The van der Waals surface area contributed by atoms with Crippen molar-refractivity contribution in [1.29, 1.82) is 0 Å². The molecule has 1 amide bonds. The number of amides is 1. The Bertz CT molecular complexity index is 424. The van der Waals surface area contributed by atoms with E-state index in [4.69, 9.17) is 22.1 Å². The Morgan fingerprint density at radius 1 is 1.44 bits per heavy atom. The number of para-hydroxylation sites is 1. The van der Waals surface area contributed by atoms with Gasteiger partial charge in [-0.25, -0.2) is 0 Å². The van der Waals surface area contributed by atoms with Crippen LogP contribution in [-0.2, 0) is 0 Å². The maximum atomic E-state index is 11.9. The van der Waals surface area contributed by atoms with Gasteiger partial charge in [0.05, 0.1) is 12.7 Å². The van der Waals surface area contributed by atoms with Crippen molar-refractivity contribution in [2.24, 2.45) is 0 Å². The third-order valence-electron chi connectivity index (χ3n) is 2.20. The first-order valence-electron chi connectivity index (χ1n) is 5.52. The molecule has 0 unspecified atom stereocenters. The van der Waals surface area contributed by atoms with Crippen LogP contribution in [0.25, 0.3) is 0 Å². The molecule has 0 bridgehead atoms. The van der Waals surface area contributed by atoms with Crippen LogP contribution in [0.3, 0.4) is 0 Å². The lowest BCUT2D eigenvalue weighted by Crippen LogP contribution is -2.39. The molecule has 5 nitrogen and oxygen atoms in total. The predicted octanol–water partition coefficient (Wildman–Crippen LogP) is 0.682. The molecular formula is C12H16N2O3S. The van der Waals surface area contributed by atoms with E-state index in [1.54, 1.807) is 24.3 Å². The minimum absolute atomic E-state index is 0.0794. The highest BCUT2D eigenvalue weighted by molar-refractivity contribution is 7.80. The number of aliphatic hydroxyl groups excluding tert-OH is 1. The van der Waals surface area contributed by atoms with Crippen LogP contribution in [0.15, 0.2) is 24.3 Å². The van der Waals surface area contributed by atoms with E-state index in [0.717, 1.165) is 0 Å². The lowest BCUT2D eigenvalue weighted by atomic mass is 10.2. The number of nitrogens with one attached hydrogen (secondary N) is 2. The smallest absolute Gasteiger partial charge is 0.261 e. The number of thiocarbonyl (C=S) groups is 1. The number of rotatable bonds is 5. The summed E-state index contributed by atoms with van der Waals surface area (Å²) in [5.74, 6) is 0.169. The van der Waals surface area contributed by atoms with Crippen molar-refractivity contribution >= 4 is 23.2 Å². The number of hydrogen-bond donors (Lipinski definition) is 3. The van der Waals surface area contributed by atoms with Crippen LogP contribution in [0.2, 0.25) is 0 Å². The van der Waals surface area contributed by atoms with Gasteiger partial charge in [-0.1, -0.05) is 12.1 Å². The highest BCUT2D eigenvalue weighted by Crippen LogP contribution is 2.16. The largest absolute Gasteiger partial charge is 0.496 e. The van der Waals surface area contributed by atoms with E-state index in [-0.39, 0.29) is 17.6 Å². The fraction of sp³-hybridized carbons (Fsp3) is 0.333. The Morgan fingerprint density at radius 2 is 2.17 bits per heavy atom. The molecule has 0 saturated heterocycles. The molecule has 1 aromatic rings. The van der Waals surface area contributed by atoms with Crippen LogP contribution >= 0.6 is 12.2 Å². The molecule has 0 saturated carbocycles. The molecule has 0 aromatic heterocycles. The maximum Gasteiger partial charge on any atom is 0.261 e. The highest BCUT2D eigenvalue weighted by atomic mass is 32.1. The summed E-state index contributed by atoms with van der Waals surface area (Å²) < 4.78 is 5.09. The van der Waals surface area contributed by atoms with Crippen LogP contribution in [-0.4, -0.2) is 36.4 Å². The van der Waals surface area contributed by atoms with E-state index in [1.165, 1.54) is 7.11 Å². The van der Waals surface area contributed by atoms with E-state index in [1.807, 2.05) is 0 Å². The van der Waals surface area contributed by atoms with Gasteiger partial charge in [-0.2, -0.15) is 0 Å². The molecule has 0 spiro atoms. The summed E-state index contributed by atoms with van der Waals surface area (Å²) in [5.41, 5.74) is 0.423. The summed E-state index contributed by atoms with van der Waals surface area (Å²) in [7, 11) is 1.50. The van der Waals surface area contributed by atoms with E-state index >= 15 is 0 Å². The van der Waals surface area contributed by atoms with Gasteiger partial charge in [0.25, 0.3) is 5.91 Å². The molecule has 1 rings (SSSR count). The number of carbonyl (C=O) groups is 1. The summed E-state index contributed by atoms with van der Waals surface area (Å²) >= 11 is 4.96. The van der Waals surface area contributed by atoms with Crippen LogP contribution in [0.1, 0.15) is 16.8 Å². The average molecular weight is 268 g/mol. The normalized spacial score (nSPS) is 9.67. The topological polar surface area (TPSA) is 70.6 Å². The number of aliphatic hydroxyl groups is 1. The van der Waals surface area contributed by atoms with E-state index in [0.29, 0.717) is 24.3 Å². The zero-order chi connectivity index (χ0) is 13.4. The summed E-state index contributed by atoms with van der Waals surface area (Å²) in [6.07, 6.45) is 0.574. The van der Waals surface area contributed by atoms with Gasteiger partial charge < -0.3 is 15.2 Å². The molecule has 3 N–H and O–H groups in total. The number of carbonyl (C=O) groups excluding carboxylic acids is 1. The molecule has 6 heteroatoms. The minimum atomic E-state index is -0.325. The molecule has 0 atom stereocenters. The van der Waals surface area contributed by atoms with Gasteiger partial charge in [0, 0.05) is 13.2 Å². The fourth-order valence-corrected chi connectivity index (χ4v) is 1.52. The molecule has 0 fully saturated rings. The number of benzene rings is 1. The zero-order valence-corrected chi connectivity index (χ0v) is 10.9. The molecule has 0 aliphatic rings. The molecule has 0 heterocycles. The summed E-state index contributed by atoms with van der Waals surface area (Å²) in [5, 5.41) is 14.2. The standard InChI is InChI=1S/C12H16N2O3S/c1-17-10-6-3-2-5-9(10)11(16)14-12(18)13-7-4-8-15/h2-3,5-6,15H,4,7-8H2,1H3,(H2,13,14,16,18). The molecule has 1 aromatic carbocycles. The van der Waals surface area contributed by atoms with Crippen molar-refractivity contribution in [2.45, 2.75) is 6.42 Å². The second-order valence-electron chi connectivity index (χ2n) is 3.49. The monoisotopic (exact) mass is 268 g/mol. The van der Waals surface area contributed by atoms with E-state index < -0.39 is 0 Å². The highest BCUT2D eigenvalue weighted by Gasteiger charge is 2.12. The third-order valence-corrected chi connectivity index (χ3v) is 2.45. The lowest BCUT2D eigenvalue weighted by Gasteiger charge is -2.10. The molecular weight excluding hydrogens is 252 g/mol. The first kappa shape index (κ1) is 14.4. The Labute approximate surface area is 111 Å². The van der Waals surface area contributed by atoms with Gasteiger partial charge in [0.1, 0.15) is 5.75 Å². The number of methoxy groups -OCH3 is 1. The van der Waals surface area contributed by atoms with Crippen molar-refractivity contribution in [3.8, 4) is 5.75 Å². The van der Waals surface area contributed by atoms with Gasteiger partial charge in [-0.15, -0.1) is 0 Å². The Hall–Kier alpha value is -1.66. The second-order valence-corrected chi connectivity index (χ2v) is 3.90. The van der Waals surface area contributed by atoms with Crippen molar-refractivity contribution in [2.75, 3.05) is 20.3 Å². The quantitative estimate of drug-likeness (QED) is 0.541. The van der Waals surface area contributed by atoms with Gasteiger partial charge in [-0.05, 0) is 30.8 Å². The van der Waals surface area contributed by atoms with Crippen LogP contribution in [0.4, 0.5) is 0 Å². The number of ether oxygens (including phenoxy) is 1. The molecule has 0 aliphatic carbocycles. The molecule has 0 radical (unpaired) electrons. The Balaban J connectivity index is 2.57. The second kappa shape index (κ2) is 7.62. The third kappa shape index (κ3) is 4.31. The van der Waals surface area contributed by atoms with Crippen LogP contribution in [0.5, 0.6) is 5.75 Å². The molecule has 0 aliphatic heterocycles. The Morgan fingerprint density at radius 3 is 2.83 bits per heavy atom. The van der Waals surface area contributed by atoms with E-state index in [2.05, 4.69) is 10.6 Å². The van der Waals surface area contributed by atoms with Crippen molar-refractivity contribution in [3.63, 3.8) is 0 Å². The van der Waals surface area contributed by atoms with Crippen molar-refractivity contribution in [3.05, 3.63) is 29.8 Å². The van der Waals surface area contributed by atoms with E-state index in [9.17, 15) is 4.79 Å². The van der Waals surface area contributed by atoms with Gasteiger partial charge >= 0.3 is 0 Å². The van der Waals surface area contributed by atoms with Crippen LogP contribution in [0, 0.1) is 0 Å². The average Bonchev–Trinajstić information content (AvgIpc) is 2.39. The fourth-order valence-electron chi connectivity index (χ4n) is 1.33. The van der Waals surface area contributed by atoms with Crippen molar-refractivity contribution < 1.29 is 14.6 Å². The molecule has 18 heavy (non-hydrogen) atoms. The van der Waals surface area contributed by atoms with Crippen molar-refractivity contribution in [1.82, 2.24) is 10.6 Å². The minimum Gasteiger partial charge on any atom is -0.496 e.